The Bertz CT molecular complexity index is 481. The molecule has 0 fully saturated rings. The van der Waals surface area contributed by atoms with Crippen molar-refractivity contribution in [2.24, 2.45) is 10.9 Å². The van der Waals surface area contributed by atoms with Crippen LogP contribution in [0.1, 0.15) is 5.56 Å². The second kappa shape index (κ2) is 6.39. The van der Waals surface area contributed by atoms with Crippen LogP contribution < -0.4 is 5.84 Å². The van der Waals surface area contributed by atoms with E-state index in [1.165, 1.54) is 18.2 Å². The van der Waals surface area contributed by atoms with E-state index in [0.29, 0.717) is 6.42 Å². The molecule has 0 aromatic heterocycles. The van der Waals surface area contributed by atoms with Gasteiger partial charge in [0.25, 0.3) is 0 Å². The molecule has 6 heteroatoms. The summed E-state index contributed by atoms with van der Waals surface area (Å²) in [5, 5.41) is 12.8. The molecule has 0 bridgehead atoms. The van der Waals surface area contributed by atoms with Gasteiger partial charge in [0.2, 0.25) is 5.71 Å². The number of nitrogens with two attached hydrogens (primary N) is 1. The van der Waals surface area contributed by atoms with Crippen LogP contribution in [-0.2, 0) is 16.0 Å². The van der Waals surface area contributed by atoms with Crippen LogP contribution in [0, 0.1) is 5.82 Å². The maximum absolute atomic E-state index is 12.7. The third-order valence-electron chi connectivity index (χ3n) is 2.19. The zero-order valence-electron chi connectivity index (χ0n) is 9.76. The molecule has 0 radical (unpaired) electrons. The summed E-state index contributed by atoms with van der Waals surface area (Å²) in [6, 6.07) is 5.74. The monoisotopic (exact) mass is 252 g/mol. The van der Waals surface area contributed by atoms with Crippen molar-refractivity contribution in [3.05, 3.63) is 47.5 Å². The summed E-state index contributed by atoms with van der Waals surface area (Å²) in [4.78, 5) is 11.2. The van der Waals surface area contributed by atoms with Crippen LogP contribution in [0.4, 0.5) is 4.39 Å². The number of carbonyl (C=O) groups excluding carboxylic acids is 1. The van der Waals surface area contributed by atoms with Crippen molar-refractivity contribution in [3.63, 3.8) is 0 Å². The average Bonchev–Trinajstić information content (AvgIpc) is 2.38. The van der Waals surface area contributed by atoms with Crippen molar-refractivity contribution in [1.82, 2.24) is 0 Å². The van der Waals surface area contributed by atoms with Crippen LogP contribution in [0.15, 0.2) is 41.2 Å². The molecular weight excluding hydrogens is 239 g/mol. The topological polar surface area (TPSA) is 84.9 Å². The van der Waals surface area contributed by atoms with Gasteiger partial charge in [-0.1, -0.05) is 12.1 Å². The Morgan fingerprint density at radius 3 is 2.61 bits per heavy atom. The number of esters is 1. The van der Waals surface area contributed by atoms with Crippen molar-refractivity contribution >= 4 is 11.7 Å². The summed E-state index contributed by atoms with van der Waals surface area (Å²) >= 11 is 0. The first kappa shape index (κ1) is 13.7. The maximum atomic E-state index is 12.7. The number of aliphatic hydroxyl groups is 1. The molecular formula is C12H13FN2O3. The Hall–Kier alpha value is -2.37. The number of halogens is 1. The highest BCUT2D eigenvalue weighted by Gasteiger charge is 2.15. The summed E-state index contributed by atoms with van der Waals surface area (Å²) < 4.78 is 17.1. The van der Waals surface area contributed by atoms with Gasteiger partial charge in [-0.25, -0.2) is 9.18 Å². The van der Waals surface area contributed by atoms with Crippen LogP contribution >= 0.6 is 0 Å². The summed E-state index contributed by atoms with van der Waals surface area (Å²) in [5.74, 6) is 3.42. The Labute approximate surface area is 103 Å². The van der Waals surface area contributed by atoms with Crippen molar-refractivity contribution in [2.75, 3.05) is 7.11 Å². The fourth-order valence-electron chi connectivity index (χ4n) is 1.25. The number of ether oxygens (including phenoxy) is 1. The largest absolute Gasteiger partial charge is 0.506 e. The first-order valence-electron chi connectivity index (χ1n) is 5.08. The number of allylic oxidation sites excluding steroid dienone is 1. The second-order valence-corrected chi connectivity index (χ2v) is 3.39. The molecule has 0 aliphatic carbocycles. The van der Waals surface area contributed by atoms with Gasteiger partial charge in [-0.15, -0.1) is 0 Å². The van der Waals surface area contributed by atoms with Gasteiger partial charge in [0, 0.05) is 0 Å². The number of benzene rings is 1. The number of nitrogens with zero attached hydrogens (tertiary/aromatic N) is 1. The average molecular weight is 252 g/mol. The van der Waals surface area contributed by atoms with Gasteiger partial charge in [0.05, 0.1) is 7.11 Å². The van der Waals surface area contributed by atoms with Crippen molar-refractivity contribution in [3.8, 4) is 0 Å². The van der Waals surface area contributed by atoms with Crippen LogP contribution in [0.3, 0.4) is 0 Å². The van der Waals surface area contributed by atoms with Crippen LogP contribution in [0.25, 0.3) is 0 Å². The minimum Gasteiger partial charge on any atom is -0.506 e. The molecule has 0 atom stereocenters. The lowest BCUT2D eigenvalue weighted by molar-refractivity contribution is -0.132. The summed E-state index contributed by atoms with van der Waals surface area (Å²) in [5.41, 5.74) is 0.406. The van der Waals surface area contributed by atoms with Crippen LogP contribution in [-0.4, -0.2) is 23.9 Å². The predicted octanol–water partition coefficient (Wildman–Crippen LogP) is 1.30. The molecule has 1 rings (SSSR count). The van der Waals surface area contributed by atoms with E-state index in [1.807, 2.05) is 0 Å². The molecule has 96 valence electrons. The molecule has 0 saturated heterocycles. The van der Waals surface area contributed by atoms with E-state index >= 15 is 0 Å². The van der Waals surface area contributed by atoms with E-state index in [-0.39, 0.29) is 17.3 Å². The maximum Gasteiger partial charge on any atom is 0.362 e. The Balaban J connectivity index is 2.77. The van der Waals surface area contributed by atoms with Gasteiger partial charge in [-0.3, -0.25) is 0 Å². The summed E-state index contributed by atoms with van der Waals surface area (Å²) in [6.45, 7) is 0. The summed E-state index contributed by atoms with van der Waals surface area (Å²) in [7, 11) is 1.15. The molecule has 5 nitrogen and oxygen atoms in total. The molecule has 0 aliphatic heterocycles. The fraction of sp³-hybridized carbons (Fsp3) is 0.167. The van der Waals surface area contributed by atoms with E-state index in [2.05, 4.69) is 9.84 Å². The van der Waals surface area contributed by atoms with Gasteiger partial charge >= 0.3 is 5.97 Å². The van der Waals surface area contributed by atoms with Crippen molar-refractivity contribution < 1.29 is 19.0 Å². The molecule has 1 aromatic rings. The van der Waals surface area contributed by atoms with Crippen LogP contribution in [0.2, 0.25) is 0 Å². The number of methoxy groups -OCH3 is 1. The van der Waals surface area contributed by atoms with E-state index in [1.54, 1.807) is 12.1 Å². The number of hydrogen-bond donors (Lipinski definition) is 2. The number of hydrazone groups is 1. The fourth-order valence-corrected chi connectivity index (χ4v) is 1.25. The highest BCUT2D eigenvalue weighted by atomic mass is 19.1. The minimum atomic E-state index is -0.828. The lowest BCUT2D eigenvalue weighted by Gasteiger charge is -2.02. The minimum absolute atomic E-state index is 0.308. The first-order chi connectivity index (χ1) is 8.58. The van der Waals surface area contributed by atoms with Gasteiger partial charge in [-0.2, -0.15) is 5.10 Å². The summed E-state index contributed by atoms with van der Waals surface area (Å²) in [6.07, 6.45) is 1.65. The molecule has 3 N–H and O–H groups in total. The molecule has 0 spiro atoms. The van der Waals surface area contributed by atoms with Crippen molar-refractivity contribution in [2.45, 2.75) is 6.42 Å². The van der Waals surface area contributed by atoms with E-state index in [0.717, 1.165) is 12.7 Å². The molecule has 0 unspecified atom stereocenters. The normalized spacial score (nSPS) is 12.3. The molecule has 0 saturated carbocycles. The SMILES string of the molecule is COC(=O)C(=N/N)/C(O)=C\Cc1ccc(F)cc1. The molecule has 1 aromatic carbocycles. The Morgan fingerprint density at radius 1 is 1.50 bits per heavy atom. The predicted molar refractivity (Wildman–Crippen MR) is 64.5 cm³/mol. The molecule has 0 aliphatic rings. The zero-order chi connectivity index (χ0) is 13.5. The highest BCUT2D eigenvalue weighted by Crippen LogP contribution is 2.06. The number of aliphatic hydroxyl groups excluding tert-OH is 1. The standard InChI is InChI=1S/C12H13FN2O3/c1-18-12(17)11(15-14)10(16)7-4-8-2-5-9(13)6-3-8/h2-3,5-7,16H,4,14H2,1H3/b10-7+,15-11+. The van der Waals surface area contributed by atoms with Gasteiger partial charge in [0.15, 0.2) is 0 Å². The van der Waals surface area contributed by atoms with Gasteiger partial charge < -0.3 is 15.7 Å². The first-order valence-corrected chi connectivity index (χ1v) is 5.08. The smallest absolute Gasteiger partial charge is 0.362 e. The lowest BCUT2D eigenvalue weighted by Crippen LogP contribution is -2.20. The van der Waals surface area contributed by atoms with E-state index < -0.39 is 5.97 Å². The highest BCUT2D eigenvalue weighted by molar-refractivity contribution is 6.42. The zero-order valence-corrected chi connectivity index (χ0v) is 9.76. The van der Waals surface area contributed by atoms with Crippen LogP contribution in [0.5, 0.6) is 0 Å². The second-order valence-electron chi connectivity index (χ2n) is 3.39. The number of hydrogen-bond acceptors (Lipinski definition) is 5. The third-order valence-corrected chi connectivity index (χ3v) is 2.19. The molecule has 0 amide bonds. The van der Waals surface area contributed by atoms with E-state index in [9.17, 15) is 14.3 Å². The number of rotatable bonds is 4. The van der Waals surface area contributed by atoms with Crippen molar-refractivity contribution in [1.29, 1.82) is 0 Å². The van der Waals surface area contributed by atoms with E-state index in [4.69, 9.17) is 5.84 Å². The third kappa shape index (κ3) is 3.58. The quantitative estimate of drug-likeness (QED) is 0.278. The molecule has 0 heterocycles. The van der Waals surface area contributed by atoms with Gasteiger partial charge in [-0.05, 0) is 30.2 Å². The Kier molecular flexibility index (Phi) is 4.86. The lowest BCUT2D eigenvalue weighted by atomic mass is 10.1. The number of carbonyl (C=O) groups is 1. The Morgan fingerprint density at radius 2 is 2.11 bits per heavy atom. The molecule has 18 heavy (non-hydrogen) atoms. The van der Waals surface area contributed by atoms with Gasteiger partial charge in [0.1, 0.15) is 11.6 Å².